The first-order chi connectivity index (χ1) is 9.54. The van der Waals surface area contributed by atoms with Crippen LogP contribution in [0.1, 0.15) is 49.8 Å². The van der Waals surface area contributed by atoms with Crippen LogP contribution in [0.25, 0.3) is 0 Å². The Hall–Kier alpha value is -0.870. The lowest BCUT2D eigenvalue weighted by Gasteiger charge is -2.45. The van der Waals surface area contributed by atoms with Crippen molar-refractivity contribution >= 4 is 21.9 Å². The van der Waals surface area contributed by atoms with Crippen molar-refractivity contribution in [3.63, 3.8) is 0 Å². The Bertz CT molecular complexity index is 545. The highest BCUT2D eigenvalue weighted by Gasteiger charge is 2.46. The van der Waals surface area contributed by atoms with Crippen LogP contribution in [0.15, 0.2) is 22.7 Å². The number of carboxylic acid groups (broad SMARTS) is 1. The van der Waals surface area contributed by atoms with Crippen LogP contribution >= 0.6 is 15.9 Å². The van der Waals surface area contributed by atoms with Crippen LogP contribution < -0.4 is 0 Å². The Balaban J connectivity index is 1.98. The van der Waals surface area contributed by atoms with E-state index >= 15 is 0 Å². The molecule has 1 saturated heterocycles. The van der Waals surface area contributed by atoms with Crippen molar-refractivity contribution < 1.29 is 9.90 Å². The predicted octanol–water partition coefficient (Wildman–Crippen LogP) is 3.77. The van der Waals surface area contributed by atoms with Crippen molar-refractivity contribution in [3.8, 4) is 0 Å². The average molecular weight is 338 g/mol. The number of rotatable bonds is 2. The Labute approximate surface area is 128 Å². The molecule has 1 fully saturated rings. The lowest BCUT2D eigenvalue weighted by Crippen LogP contribution is -2.55. The minimum atomic E-state index is -0.715. The van der Waals surface area contributed by atoms with Gasteiger partial charge >= 0.3 is 5.97 Å². The molecule has 4 heteroatoms. The van der Waals surface area contributed by atoms with Gasteiger partial charge in [0.15, 0.2) is 0 Å². The normalized spacial score (nSPS) is 30.2. The lowest BCUT2D eigenvalue weighted by molar-refractivity contribution is -0.155. The van der Waals surface area contributed by atoms with Gasteiger partial charge in [0.05, 0.1) is 0 Å². The molecule has 2 atom stereocenters. The van der Waals surface area contributed by atoms with Gasteiger partial charge in [-0.25, -0.2) is 0 Å². The summed E-state index contributed by atoms with van der Waals surface area (Å²) in [4.78, 5) is 14.0. The van der Waals surface area contributed by atoms with Crippen LogP contribution in [0.4, 0.5) is 0 Å². The third-order valence-corrected chi connectivity index (χ3v) is 5.71. The molecular formula is C16H20BrNO2. The fraction of sp³-hybridized carbons (Fsp3) is 0.562. The van der Waals surface area contributed by atoms with Crippen molar-refractivity contribution in [2.45, 2.75) is 50.6 Å². The maximum absolute atomic E-state index is 11.8. The second-order valence-corrected chi connectivity index (χ2v) is 6.95. The Morgan fingerprint density at radius 1 is 1.45 bits per heavy atom. The lowest BCUT2D eigenvalue weighted by atomic mass is 9.86. The number of hydrogen-bond donors (Lipinski definition) is 1. The first-order valence-electron chi connectivity index (χ1n) is 7.31. The van der Waals surface area contributed by atoms with Gasteiger partial charge in [0.1, 0.15) is 5.54 Å². The summed E-state index contributed by atoms with van der Waals surface area (Å²) in [6.45, 7) is 2.78. The molecule has 1 heterocycles. The van der Waals surface area contributed by atoms with Crippen LogP contribution in [-0.2, 0) is 11.2 Å². The first-order valence-corrected chi connectivity index (χ1v) is 8.11. The number of likely N-dealkylation sites (tertiary alicyclic amines) is 1. The third-order valence-electron chi connectivity index (χ3n) is 4.97. The minimum Gasteiger partial charge on any atom is -0.480 e. The van der Waals surface area contributed by atoms with Crippen molar-refractivity contribution in [2.75, 3.05) is 6.54 Å². The van der Waals surface area contributed by atoms with E-state index in [0.717, 1.165) is 43.1 Å². The van der Waals surface area contributed by atoms with E-state index < -0.39 is 11.5 Å². The van der Waals surface area contributed by atoms with Crippen LogP contribution in [0.5, 0.6) is 0 Å². The fourth-order valence-corrected chi connectivity index (χ4v) is 4.36. The molecular weight excluding hydrogens is 318 g/mol. The monoisotopic (exact) mass is 337 g/mol. The summed E-state index contributed by atoms with van der Waals surface area (Å²) in [5.41, 5.74) is 1.96. The van der Waals surface area contributed by atoms with E-state index in [1.165, 1.54) is 11.1 Å². The molecule has 0 radical (unpaired) electrons. The molecule has 20 heavy (non-hydrogen) atoms. The Morgan fingerprint density at radius 3 is 3.00 bits per heavy atom. The average Bonchev–Trinajstić information content (AvgIpc) is 2.84. The number of fused-ring (bicyclic) bond motifs is 1. The Kier molecular flexibility index (Phi) is 3.63. The van der Waals surface area contributed by atoms with Gasteiger partial charge in [-0.2, -0.15) is 0 Å². The quantitative estimate of drug-likeness (QED) is 0.892. The van der Waals surface area contributed by atoms with E-state index in [0.29, 0.717) is 0 Å². The first kappa shape index (κ1) is 14.1. The topological polar surface area (TPSA) is 40.5 Å². The van der Waals surface area contributed by atoms with E-state index in [-0.39, 0.29) is 6.04 Å². The number of benzene rings is 1. The van der Waals surface area contributed by atoms with Gasteiger partial charge in [-0.1, -0.05) is 28.1 Å². The molecule has 1 aromatic rings. The van der Waals surface area contributed by atoms with Crippen molar-refractivity contribution in [1.82, 2.24) is 4.90 Å². The van der Waals surface area contributed by atoms with Gasteiger partial charge in [0.2, 0.25) is 0 Å². The van der Waals surface area contributed by atoms with Crippen LogP contribution in [0.3, 0.4) is 0 Å². The van der Waals surface area contributed by atoms with Gasteiger partial charge in [0.25, 0.3) is 0 Å². The second-order valence-electron chi connectivity index (χ2n) is 6.09. The highest BCUT2D eigenvalue weighted by Crippen LogP contribution is 2.44. The SMILES string of the molecule is CC1(C(=O)O)CCCCN1C1CCc2c(Br)cccc21. The molecule has 0 saturated carbocycles. The van der Waals surface area contributed by atoms with Gasteiger partial charge in [-0.05, 0) is 62.8 Å². The smallest absolute Gasteiger partial charge is 0.323 e. The molecule has 108 valence electrons. The molecule has 2 aliphatic rings. The molecule has 0 bridgehead atoms. The molecule has 3 nitrogen and oxygen atoms in total. The number of nitrogens with zero attached hydrogens (tertiary/aromatic N) is 1. The van der Waals surface area contributed by atoms with E-state index in [2.05, 4.69) is 39.0 Å². The van der Waals surface area contributed by atoms with Gasteiger partial charge in [-0.3, -0.25) is 9.69 Å². The number of piperidine rings is 1. The van der Waals surface area contributed by atoms with Gasteiger partial charge in [0, 0.05) is 10.5 Å². The van der Waals surface area contributed by atoms with E-state index in [1.54, 1.807) is 0 Å². The summed E-state index contributed by atoms with van der Waals surface area (Å²) in [5.74, 6) is -0.680. The number of halogens is 1. The summed E-state index contributed by atoms with van der Waals surface area (Å²) < 4.78 is 1.16. The minimum absolute atomic E-state index is 0.254. The van der Waals surface area contributed by atoms with E-state index in [9.17, 15) is 9.90 Å². The number of carbonyl (C=O) groups is 1. The molecule has 0 aromatic heterocycles. The molecule has 2 unspecified atom stereocenters. The fourth-order valence-electron chi connectivity index (χ4n) is 3.78. The molecule has 3 rings (SSSR count). The molecule has 1 aromatic carbocycles. The Morgan fingerprint density at radius 2 is 2.25 bits per heavy atom. The maximum Gasteiger partial charge on any atom is 0.323 e. The maximum atomic E-state index is 11.8. The number of aliphatic carboxylic acids is 1. The zero-order valence-corrected chi connectivity index (χ0v) is 13.3. The zero-order chi connectivity index (χ0) is 14.3. The van der Waals surface area contributed by atoms with Gasteiger partial charge < -0.3 is 5.11 Å². The van der Waals surface area contributed by atoms with E-state index in [1.807, 2.05) is 6.92 Å². The van der Waals surface area contributed by atoms with Crippen LogP contribution in [0, 0.1) is 0 Å². The van der Waals surface area contributed by atoms with Crippen molar-refractivity contribution in [2.24, 2.45) is 0 Å². The van der Waals surface area contributed by atoms with Crippen LogP contribution in [0.2, 0.25) is 0 Å². The second kappa shape index (κ2) is 5.15. The highest BCUT2D eigenvalue weighted by molar-refractivity contribution is 9.10. The van der Waals surface area contributed by atoms with Crippen molar-refractivity contribution in [3.05, 3.63) is 33.8 Å². The molecule has 1 aliphatic carbocycles. The van der Waals surface area contributed by atoms with Crippen LogP contribution in [-0.4, -0.2) is 28.1 Å². The van der Waals surface area contributed by atoms with Gasteiger partial charge in [-0.15, -0.1) is 0 Å². The third kappa shape index (κ3) is 2.09. The number of carboxylic acids is 1. The molecule has 0 spiro atoms. The summed E-state index contributed by atoms with van der Waals surface area (Å²) in [7, 11) is 0. The predicted molar refractivity (Wildman–Crippen MR) is 81.8 cm³/mol. The molecule has 1 aliphatic heterocycles. The number of hydrogen-bond acceptors (Lipinski definition) is 2. The molecule has 1 N–H and O–H groups in total. The standard InChI is InChI=1S/C16H20BrNO2/c1-16(15(19)20)9-2-3-10-18(16)14-8-7-11-12(14)5-4-6-13(11)17/h4-6,14H,2-3,7-10H2,1H3,(H,19,20). The zero-order valence-electron chi connectivity index (χ0n) is 11.7. The van der Waals surface area contributed by atoms with E-state index in [4.69, 9.17) is 0 Å². The summed E-state index contributed by atoms with van der Waals surface area (Å²) in [5, 5.41) is 9.68. The highest BCUT2D eigenvalue weighted by atomic mass is 79.9. The largest absolute Gasteiger partial charge is 0.480 e. The molecule has 0 amide bonds. The van der Waals surface area contributed by atoms with Crippen molar-refractivity contribution in [1.29, 1.82) is 0 Å². The summed E-state index contributed by atoms with van der Waals surface area (Å²) in [6, 6.07) is 6.55. The summed E-state index contributed by atoms with van der Waals surface area (Å²) >= 11 is 3.62. The summed E-state index contributed by atoms with van der Waals surface area (Å²) in [6.07, 6.45) is 4.93.